The fourth-order valence-corrected chi connectivity index (χ4v) is 3.33. The van der Waals surface area contributed by atoms with Crippen molar-refractivity contribution in [2.24, 2.45) is 0 Å². The summed E-state index contributed by atoms with van der Waals surface area (Å²) >= 11 is 0. The molecule has 0 aromatic heterocycles. The quantitative estimate of drug-likeness (QED) is 0.874. The predicted octanol–water partition coefficient (Wildman–Crippen LogP) is 3.78. The number of rotatable bonds is 5. The van der Waals surface area contributed by atoms with Gasteiger partial charge in [0.05, 0.1) is 0 Å². The van der Waals surface area contributed by atoms with Crippen LogP contribution >= 0.6 is 0 Å². The van der Waals surface area contributed by atoms with Crippen LogP contribution in [0.4, 0.5) is 0 Å². The zero-order valence-corrected chi connectivity index (χ0v) is 12.3. The highest BCUT2D eigenvalue weighted by atomic mass is 16.3. The molecule has 2 atom stereocenters. The molecule has 0 heterocycles. The first-order chi connectivity index (χ1) is 10.4. The van der Waals surface area contributed by atoms with Crippen molar-refractivity contribution in [1.82, 2.24) is 5.32 Å². The average Bonchev–Trinajstić information content (AvgIpc) is 2.55. The van der Waals surface area contributed by atoms with E-state index in [9.17, 15) is 5.11 Å². The minimum absolute atomic E-state index is 0.209. The van der Waals surface area contributed by atoms with Gasteiger partial charge in [0.25, 0.3) is 0 Å². The Hall–Kier alpha value is -1.64. The monoisotopic (exact) mass is 281 g/mol. The summed E-state index contributed by atoms with van der Waals surface area (Å²) in [7, 11) is 0. The summed E-state index contributed by atoms with van der Waals surface area (Å²) in [6.07, 6.45) is 4.34. The number of aliphatic hydroxyl groups is 1. The van der Waals surface area contributed by atoms with Gasteiger partial charge in [0.2, 0.25) is 0 Å². The number of hydrogen-bond donors (Lipinski definition) is 2. The summed E-state index contributed by atoms with van der Waals surface area (Å²) in [5.41, 5.74) is 4.16. The van der Waals surface area contributed by atoms with Crippen LogP contribution in [0.3, 0.4) is 0 Å². The van der Waals surface area contributed by atoms with Gasteiger partial charge in [-0.15, -0.1) is 0 Å². The molecule has 0 spiro atoms. The molecule has 0 bridgehead atoms. The van der Waals surface area contributed by atoms with Crippen molar-refractivity contribution in [2.75, 3.05) is 6.61 Å². The maximum absolute atomic E-state index is 9.38. The third-order valence-corrected chi connectivity index (χ3v) is 4.39. The lowest BCUT2D eigenvalue weighted by molar-refractivity contribution is 0.255. The zero-order chi connectivity index (χ0) is 14.5. The molecule has 0 fully saturated rings. The van der Waals surface area contributed by atoms with Crippen LogP contribution in [0.5, 0.6) is 0 Å². The Kier molecular flexibility index (Phi) is 4.69. The Morgan fingerprint density at radius 3 is 2.62 bits per heavy atom. The third-order valence-electron chi connectivity index (χ3n) is 4.39. The summed E-state index contributed by atoms with van der Waals surface area (Å²) in [4.78, 5) is 0. The van der Waals surface area contributed by atoms with Crippen LogP contribution in [0.2, 0.25) is 0 Å². The molecule has 0 saturated carbocycles. The first kappa shape index (κ1) is 14.3. The fourth-order valence-electron chi connectivity index (χ4n) is 3.33. The summed E-state index contributed by atoms with van der Waals surface area (Å²) < 4.78 is 0. The van der Waals surface area contributed by atoms with E-state index < -0.39 is 0 Å². The van der Waals surface area contributed by atoms with Gasteiger partial charge in [-0.25, -0.2) is 0 Å². The Balaban J connectivity index is 1.81. The summed E-state index contributed by atoms with van der Waals surface area (Å²) in [5, 5.41) is 13.2. The lowest BCUT2D eigenvalue weighted by atomic mass is 9.87. The maximum Gasteiger partial charge on any atom is 0.0449 e. The third kappa shape index (κ3) is 3.34. The van der Waals surface area contributed by atoms with Gasteiger partial charge in [0, 0.05) is 18.7 Å². The van der Waals surface area contributed by atoms with Crippen LogP contribution in [0.25, 0.3) is 0 Å². The zero-order valence-electron chi connectivity index (χ0n) is 12.3. The summed E-state index contributed by atoms with van der Waals surface area (Å²) in [6.45, 7) is 0.209. The van der Waals surface area contributed by atoms with Gasteiger partial charge in [-0.2, -0.15) is 0 Å². The van der Waals surface area contributed by atoms with E-state index in [1.807, 2.05) is 6.07 Å². The molecule has 2 aromatic carbocycles. The molecule has 0 aliphatic heterocycles. The highest BCUT2D eigenvalue weighted by molar-refractivity contribution is 5.32. The lowest BCUT2D eigenvalue weighted by Crippen LogP contribution is -2.29. The molecule has 0 saturated heterocycles. The molecule has 0 amide bonds. The normalized spacial score (nSPS) is 19.0. The first-order valence-electron chi connectivity index (χ1n) is 7.88. The van der Waals surface area contributed by atoms with Crippen LogP contribution in [0.15, 0.2) is 54.6 Å². The smallest absolute Gasteiger partial charge is 0.0449 e. The molecule has 1 unspecified atom stereocenters. The SMILES string of the molecule is OCC[C@@H](NC1CCCc2ccccc21)c1ccccc1. The summed E-state index contributed by atoms with van der Waals surface area (Å²) in [5.74, 6) is 0. The Bertz CT molecular complexity index is 567. The van der Waals surface area contributed by atoms with Crippen molar-refractivity contribution >= 4 is 0 Å². The standard InChI is InChI=1S/C19H23NO/c21-14-13-18(16-8-2-1-3-9-16)20-19-12-6-10-15-7-4-5-11-17(15)19/h1-5,7-9,11,18-21H,6,10,12-14H2/t18-,19?/m1/s1. The number of fused-ring (bicyclic) bond motifs is 1. The van der Waals surface area contributed by atoms with Gasteiger partial charge in [-0.3, -0.25) is 0 Å². The Labute approximate surface area is 126 Å². The second kappa shape index (κ2) is 6.88. The van der Waals surface area contributed by atoms with Crippen molar-refractivity contribution in [3.63, 3.8) is 0 Å². The van der Waals surface area contributed by atoms with Crippen molar-refractivity contribution in [1.29, 1.82) is 0 Å². The van der Waals surface area contributed by atoms with Gasteiger partial charge >= 0.3 is 0 Å². The average molecular weight is 281 g/mol. The minimum atomic E-state index is 0.209. The van der Waals surface area contributed by atoms with Gasteiger partial charge < -0.3 is 10.4 Å². The first-order valence-corrected chi connectivity index (χ1v) is 7.88. The van der Waals surface area contributed by atoms with Crippen LogP contribution in [-0.4, -0.2) is 11.7 Å². The van der Waals surface area contributed by atoms with Crippen LogP contribution < -0.4 is 5.32 Å². The number of hydrogen-bond acceptors (Lipinski definition) is 2. The van der Waals surface area contributed by atoms with E-state index in [0.29, 0.717) is 6.04 Å². The van der Waals surface area contributed by atoms with E-state index in [-0.39, 0.29) is 12.6 Å². The topological polar surface area (TPSA) is 32.3 Å². The van der Waals surface area contributed by atoms with Gasteiger partial charge in [0.1, 0.15) is 0 Å². The van der Waals surface area contributed by atoms with Crippen molar-refractivity contribution < 1.29 is 5.11 Å². The summed E-state index contributed by atoms with van der Waals surface area (Å²) in [6, 6.07) is 19.8. The molecule has 110 valence electrons. The molecular weight excluding hydrogens is 258 g/mol. The Morgan fingerprint density at radius 2 is 1.81 bits per heavy atom. The molecule has 21 heavy (non-hydrogen) atoms. The molecule has 2 heteroatoms. The van der Waals surface area contributed by atoms with Crippen molar-refractivity contribution in [3.05, 3.63) is 71.3 Å². The van der Waals surface area contributed by atoms with Gasteiger partial charge in [-0.05, 0) is 42.4 Å². The molecule has 2 N–H and O–H groups in total. The number of benzene rings is 2. The number of nitrogens with one attached hydrogen (secondary N) is 1. The molecule has 2 aromatic rings. The molecule has 2 nitrogen and oxygen atoms in total. The van der Waals surface area contributed by atoms with E-state index in [2.05, 4.69) is 53.8 Å². The van der Waals surface area contributed by atoms with Crippen LogP contribution in [0, 0.1) is 0 Å². The van der Waals surface area contributed by atoms with E-state index in [0.717, 1.165) is 6.42 Å². The number of aliphatic hydroxyl groups excluding tert-OH is 1. The van der Waals surface area contributed by atoms with Crippen molar-refractivity contribution in [3.8, 4) is 0 Å². The van der Waals surface area contributed by atoms with Gasteiger partial charge in [-0.1, -0.05) is 54.6 Å². The van der Waals surface area contributed by atoms with E-state index in [1.165, 1.54) is 36.0 Å². The predicted molar refractivity (Wildman–Crippen MR) is 86.1 cm³/mol. The van der Waals surface area contributed by atoms with Gasteiger partial charge in [0.15, 0.2) is 0 Å². The van der Waals surface area contributed by atoms with E-state index in [1.54, 1.807) is 0 Å². The highest BCUT2D eigenvalue weighted by Crippen LogP contribution is 2.32. The molecule has 3 rings (SSSR count). The Morgan fingerprint density at radius 1 is 1.05 bits per heavy atom. The molecule has 1 aliphatic rings. The fraction of sp³-hybridized carbons (Fsp3) is 0.368. The van der Waals surface area contributed by atoms with E-state index >= 15 is 0 Å². The molecule has 0 radical (unpaired) electrons. The van der Waals surface area contributed by atoms with Crippen LogP contribution in [0.1, 0.15) is 48.0 Å². The maximum atomic E-state index is 9.38. The van der Waals surface area contributed by atoms with Crippen molar-refractivity contribution in [2.45, 2.75) is 37.8 Å². The highest BCUT2D eigenvalue weighted by Gasteiger charge is 2.22. The minimum Gasteiger partial charge on any atom is -0.396 e. The molecule has 1 aliphatic carbocycles. The second-order valence-electron chi connectivity index (χ2n) is 5.79. The lowest BCUT2D eigenvalue weighted by Gasteiger charge is -2.30. The largest absolute Gasteiger partial charge is 0.396 e. The van der Waals surface area contributed by atoms with Crippen LogP contribution in [-0.2, 0) is 6.42 Å². The molecular formula is C19H23NO. The number of aryl methyl sites for hydroxylation is 1. The second-order valence-corrected chi connectivity index (χ2v) is 5.79. The van der Waals surface area contributed by atoms with E-state index in [4.69, 9.17) is 0 Å².